The standard InChI is InChI=1S/C18H31N3O5/c1-13-10-21(16(24)3-8-20(13)17(25)26)14(12-22)2-7-19-9-6-18(4-5-18)15(23)11-19/h13-15,22-23H,2-12H2,1H3,(H,25,26)/t13?,14-,15?/m0/s1. The monoisotopic (exact) mass is 369 g/mol. The Bertz CT molecular complexity index is 539. The minimum atomic E-state index is -1.01. The lowest BCUT2D eigenvalue weighted by Crippen LogP contribution is -2.50. The van der Waals surface area contributed by atoms with E-state index < -0.39 is 6.09 Å². The molecule has 3 rings (SSSR count). The third-order valence-electron chi connectivity index (χ3n) is 6.51. The smallest absolute Gasteiger partial charge is 0.407 e. The molecule has 1 saturated carbocycles. The van der Waals surface area contributed by atoms with Gasteiger partial charge in [0, 0.05) is 38.6 Å². The maximum absolute atomic E-state index is 12.5. The summed E-state index contributed by atoms with van der Waals surface area (Å²) in [5.74, 6) is -0.102. The molecule has 3 aliphatic rings. The van der Waals surface area contributed by atoms with Gasteiger partial charge in [-0.3, -0.25) is 4.79 Å². The molecule has 1 aliphatic carbocycles. The summed E-state index contributed by atoms with van der Waals surface area (Å²) in [5, 5.41) is 29.4. The normalized spacial score (nSPS) is 30.3. The number of carboxylic acid groups (broad SMARTS) is 1. The van der Waals surface area contributed by atoms with Gasteiger partial charge < -0.3 is 30.0 Å². The van der Waals surface area contributed by atoms with Crippen molar-refractivity contribution in [3.63, 3.8) is 0 Å². The third-order valence-corrected chi connectivity index (χ3v) is 6.51. The van der Waals surface area contributed by atoms with Gasteiger partial charge in [-0.25, -0.2) is 4.79 Å². The molecule has 0 aromatic heterocycles. The Labute approximate surface area is 154 Å². The predicted octanol–water partition coefficient (Wildman–Crippen LogP) is 0.185. The minimum Gasteiger partial charge on any atom is -0.465 e. The highest BCUT2D eigenvalue weighted by molar-refractivity contribution is 5.78. The number of amides is 2. The number of likely N-dealkylation sites (tertiary alicyclic amines) is 1. The van der Waals surface area contributed by atoms with Crippen molar-refractivity contribution in [1.82, 2.24) is 14.7 Å². The lowest BCUT2D eigenvalue weighted by Gasteiger charge is -2.38. The van der Waals surface area contributed by atoms with E-state index in [1.807, 2.05) is 0 Å². The van der Waals surface area contributed by atoms with E-state index in [9.17, 15) is 24.9 Å². The van der Waals surface area contributed by atoms with Crippen LogP contribution in [-0.2, 0) is 4.79 Å². The number of rotatable bonds is 5. The number of carbonyl (C=O) groups excluding carboxylic acids is 1. The minimum absolute atomic E-state index is 0.102. The molecule has 8 heteroatoms. The van der Waals surface area contributed by atoms with Crippen LogP contribution in [0.15, 0.2) is 0 Å². The Morgan fingerprint density at radius 2 is 2.00 bits per heavy atom. The summed E-state index contributed by atoms with van der Waals surface area (Å²) < 4.78 is 0. The topological polar surface area (TPSA) is 105 Å². The Kier molecular flexibility index (Phi) is 5.74. The first-order valence-electron chi connectivity index (χ1n) is 9.66. The van der Waals surface area contributed by atoms with Crippen LogP contribution >= 0.6 is 0 Å². The number of aliphatic hydroxyl groups is 2. The molecule has 3 fully saturated rings. The second-order valence-corrected chi connectivity index (χ2v) is 8.17. The van der Waals surface area contributed by atoms with Gasteiger partial charge in [0.1, 0.15) is 0 Å². The van der Waals surface area contributed by atoms with Crippen molar-refractivity contribution >= 4 is 12.0 Å². The fraction of sp³-hybridized carbons (Fsp3) is 0.889. The maximum atomic E-state index is 12.5. The van der Waals surface area contributed by atoms with Crippen molar-refractivity contribution in [2.45, 2.75) is 57.2 Å². The summed E-state index contributed by atoms with van der Waals surface area (Å²) in [7, 11) is 0. The van der Waals surface area contributed by atoms with Crippen LogP contribution in [0.4, 0.5) is 4.79 Å². The van der Waals surface area contributed by atoms with Crippen LogP contribution in [0, 0.1) is 5.41 Å². The first-order chi connectivity index (χ1) is 12.4. The van der Waals surface area contributed by atoms with E-state index in [0.29, 0.717) is 19.5 Å². The number of piperidine rings is 1. The van der Waals surface area contributed by atoms with Gasteiger partial charge >= 0.3 is 6.09 Å². The zero-order valence-corrected chi connectivity index (χ0v) is 15.5. The molecule has 0 radical (unpaired) electrons. The van der Waals surface area contributed by atoms with E-state index in [-0.39, 0.29) is 49.1 Å². The molecular formula is C18H31N3O5. The largest absolute Gasteiger partial charge is 0.465 e. The second kappa shape index (κ2) is 7.70. The van der Waals surface area contributed by atoms with Crippen LogP contribution < -0.4 is 0 Å². The highest BCUT2D eigenvalue weighted by Gasteiger charge is 2.51. The maximum Gasteiger partial charge on any atom is 0.407 e. The molecular weight excluding hydrogens is 338 g/mol. The average molecular weight is 369 g/mol. The van der Waals surface area contributed by atoms with Gasteiger partial charge in [0.05, 0.1) is 18.8 Å². The fourth-order valence-corrected chi connectivity index (χ4v) is 4.40. The molecule has 3 N–H and O–H groups in total. The van der Waals surface area contributed by atoms with Gasteiger partial charge in [0.2, 0.25) is 5.91 Å². The molecule has 0 aromatic rings. The first-order valence-corrected chi connectivity index (χ1v) is 9.66. The van der Waals surface area contributed by atoms with Crippen LogP contribution in [0.5, 0.6) is 0 Å². The Morgan fingerprint density at radius 1 is 1.27 bits per heavy atom. The van der Waals surface area contributed by atoms with Gasteiger partial charge in [-0.2, -0.15) is 0 Å². The van der Waals surface area contributed by atoms with E-state index in [0.717, 1.165) is 32.4 Å². The second-order valence-electron chi connectivity index (χ2n) is 8.17. The Hall–Kier alpha value is -1.38. The molecule has 1 spiro atoms. The van der Waals surface area contributed by atoms with E-state index >= 15 is 0 Å². The van der Waals surface area contributed by atoms with Crippen molar-refractivity contribution in [3.05, 3.63) is 0 Å². The van der Waals surface area contributed by atoms with Crippen molar-refractivity contribution in [3.8, 4) is 0 Å². The summed E-state index contributed by atoms with van der Waals surface area (Å²) in [6, 6.07) is -0.604. The van der Waals surface area contributed by atoms with Gasteiger partial charge in [-0.1, -0.05) is 0 Å². The van der Waals surface area contributed by atoms with Crippen molar-refractivity contribution < 1.29 is 24.9 Å². The van der Waals surface area contributed by atoms with E-state index in [4.69, 9.17) is 0 Å². The average Bonchev–Trinajstić information content (AvgIpc) is 3.39. The molecule has 8 nitrogen and oxygen atoms in total. The fourth-order valence-electron chi connectivity index (χ4n) is 4.40. The molecule has 148 valence electrons. The highest BCUT2D eigenvalue weighted by atomic mass is 16.4. The molecule has 2 saturated heterocycles. The highest BCUT2D eigenvalue weighted by Crippen LogP contribution is 2.53. The summed E-state index contributed by atoms with van der Waals surface area (Å²) in [6.45, 7) is 4.50. The molecule has 0 bridgehead atoms. The molecule has 2 unspecified atom stereocenters. The van der Waals surface area contributed by atoms with Crippen molar-refractivity contribution in [1.29, 1.82) is 0 Å². The lowest BCUT2D eigenvalue weighted by atomic mass is 9.90. The Balaban J connectivity index is 1.55. The SMILES string of the molecule is CC1CN([C@H](CO)CCN2CCC3(CC3)C(O)C2)C(=O)CCN1C(=O)O. The summed E-state index contributed by atoms with van der Waals surface area (Å²) in [5.41, 5.74) is 0.170. The Morgan fingerprint density at radius 3 is 2.58 bits per heavy atom. The molecule has 2 heterocycles. The number of aliphatic hydroxyl groups excluding tert-OH is 2. The number of β-amino-alcohol motifs (C(OH)–C–C–N with tert-alkyl or cyclic N) is 1. The van der Waals surface area contributed by atoms with Crippen molar-refractivity contribution in [2.24, 2.45) is 5.41 Å². The number of carbonyl (C=O) groups is 2. The lowest BCUT2D eigenvalue weighted by molar-refractivity contribution is -0.134. The number of nitrogens with zero attached hydrogens (tertiary/aromatic N) is 3. The van der Waals surface area contributed by atoms with Crippen LogP contribution in [0.2, 0.25) is 0 Å². The molecule has 0 aromatic carbocycles. The van der Waals surface area contributed by atoms with E-state index in [1.54, 1.807) is 11.8 Å². The zero-order chi connectivity index (χ0) is 18.9. The third kappa shape index (κ3) is 3.97. The quantitative estimate of drug-likeness (QED) is 0.639. The number of hydrogen-bond donors (Lipinski definition) is 3. The van der Waals surface area contributed by atoms with Gasteiger partial charge in [0.15, 0.2) is 0 Å². The molecule has 3 atom stereocenters. The summed E-state index contributed by atoms with van der Waals surface area (Å²) in [4.78, 5) is 28.9. The molecule has 2 amide bonds. The van der Waals surface area contributed by atoms with Crippen LogP contribution in [0.25, 0.3) is 0 Å². The zero-order valence-electron chi connectivity index (χ0n) is 15.5. The van der Waals surface area contributed by atoms with E-state index in [2.05, 4.69) is 4.90 Å². The van der Waals surface area contributed by atoms with Gasteiger partial charge in [-0.15, -0.1) is 0 Å². The molecule has 26 heavy (non-hydrogen) atoms. The van der Waals surface area contributed by atoms with Crippen LogP contribution in [-0.4, -0.2) is 99.5 Å². The van der Waals surface area contributed by atoms with Gasteiger partial charge in [-0.05, 0) is 44.6 Å². The first kappa shape index (κ1) is 19.4. The summed E-state index contributed by atoms with van der Waals surface area (Å²) >= 11 is 0. The van der Waals surface area contributed by atoms with Crippen molar-refractivity contribution in [2.75, 3.05) is 39.3 Å². The van der Waals surface area contributed by atoms with Gasteiger partial charge in [0.25, 0.3) is 0 Å². The summed E-state index contributed by atoms with van der Waals surface area (Å²) in [6.07, 6.45) is 2.77. The van der Waals surface area contributed by atoms with Crippen LogP contribution in [0.3, 0.4) is 0 Å². The van der Waals surface area contributed by atoms with E-state index in [1.165, 1.54) is 4.90 Å². The predicted molar refractivity (Wildman–Crippen MR) is 94.7 cm³/mol. The van der Waals surface area contributed by atoms with Crippen LogP contribution in [0.1, 0.15) is 39.0 Å². The molecule has 2 aliphatic heterocycles. The number of hydrogen-bond acceptors (Lipinski definition) is 5.